The fourth-order valence-corrected chi connectivity index (χ4v) is 1.05. The molecular weight excluding hydrogens is 203 g/mol. The maximum absolute atomic E-state index is 12.6. The van der Waals surface area contributed by atoms with Crippen molar-refractivity contribution < 1.29 is 22.0 Å². The van der Waals surface area contributed by atoms with Crippen LogP contribution in [0.3, 0.4) is 0 Å². The lowest BCUT2D eigenvalue weighted by molar-refractivity contribution is -0.138. The van der Waals surface area contributed by atoms with Gasteiger partial charge in [0.1, 0.15) is 12.0 Å². The van der Waals surface area contributed by atoms with Gasteiger partial charge in [0.05, 0.1) is 5.56 Å². The molecular formula is C9H6F5. The molecule has 0 amide bonds. The first kappa shape index (κ1) is 10.9. The van der Waals surface area contributed by atoms with Crippen molar-refractivity contribution in [2.45, 2.75) is 12.3 Å². The second-order valence-corrected chi connectivity index (χ2v) is 2.70. The molecule has 0 N–H and O–H groups in total. The summed E-state index contributed by atoms with van der Waals surface area (Å²) in [7, 11) is 0. The first-order valence-corrected chi connectivity index (χ1v) is 3.66. The lowest BCUT2D eigenvalue weighted by Gasteiger charge is -2.13. The highest BCUT2D eigenvalue weighted by Crippen LogP contribution is 2.35. The molecule has 0 saturated heterocycles. The van der Waals surface area contributed by atoms with Crippen LogP contribution in [0, 0.1) is 12.7 Å². The molecule has 0 nitrogen and oxygen atoms in total. The minimum absolute atomic E-state index is 0.257. The standard InChI is InChI=1S/C9H6F5/c1-5(10)7-3-2-6(11)4-8(7)9(12,13)14/h2-5H,1H2. The average molecular weight is 209 g/mol. The van der Waals surface area contributed by atoms with E-state index in [0.717, 1.165) is 12.1 Å². The molecule has 0 heterocycles. The van der Waals surface area contributed by atoms with Crippen molar-refractivity contribution in [2.24, 2.45) is 0 Å². The first-order chi connectivity index (χ1) is 6.32. The van der Waals surface area contributed by atoms with Gasteiger partial charge >= 0.3 is 6.18 Å². The van der Waals surface area contributed by atoms with Crippen molar-refractivity contribution in [2.75, 3.05) is 0 Å². The summed E-state index contributed by atoms with van der Waals surface area (Å²) < 4.78 is 61.8. The Hall–Kier alpha value is -1.13. The molecule has 1 aromatic carbocycles. The highest BCUT2D eigenvalue weighted by Gasteiger charge is 2.34. The van der Waals surface area contributed by atoms with Crippen molar-refractivity contribution in [1.29, 1.82) is 0 Å². The highest BCUT2D eigenvalue weighted by atomic mass is 19.4. The summed E-state index contributed by atoms with van der Waals surface area (Å²) in [6.45, 7) is 2.82. The van der Waals surface area contributed by atoms with Crippen molar-refractivity contribution in [3.8, 4) is 0 Å². The Balaban J connectivity index is 3.30. The normalized spacial score (nSPS) is 14.1. The SMILES string of the molecule is [CH2]C(F)c1ccc(F)cc1C(F)(F)F. The van der Waals surface area contributed by atoms with Crippen LogP contribution < -0.4 is 0 Å². The van der Waals surface area contributed by atoms with Crippen molar-refractivity contribution in [1.82, 2.24) is 0 Å². The minimum Gasteiger partial charge on any atom is -0.242 e. The Bertz CT molecular complexity index is 326. The number of alkyl halides is 4. The molecule has 1 unspecified atom stereocenters. The fourth-order valence-electron chi connectivity index (χ4n) is 1.05. The van der Waals surface area contributed by atoms with Gasteiger partial charge in [0.25, 0.3) is 0 Å². The van der Waals surface area contributed by atoms with Crippen LogP contribution in [-0.2, 0) is 6.18 Å². The zero-order chi connectivity index (χ0) is 10.9. The molecule has 0 saturated carbocycles. The molecule has 5 heteroatoms. The second-order valence-electron chi connectivity index (χ2n) is 2.70. The number of halogens is 5. The Morgan fingerprint density at radius 3 is 2.21 bits per heavy atom. The maximum atomic E-state index is 12.6. The average Bonchev–Trinajstić information content (AvgIpc) is 2.01. The van der Waals surface area contributed by atoms with E-state index in [1.807, 2.05) is 0 Å². The Labute approximate surface area is 77.4 Å². The van der Waals surface area contributed by atoms with E-state index in [-0.39, 0.29) is 6.07 Å². The molecule has 14 heavy (non-hydrogen) atoms. The van der Waals surface area contributed by atoms with E-state index in [2.05, 4.69) is 6.92 Å². The Morgan fingerprint density at radius 1 is 1.21 bits per heavy atom. The predicted molar refractivity (Wildman–Crippen MR) is 40.6 cm³/mol. The molecule has 0 bridgehead atoms. The summed E-state index contributed by atoms with van der Waals surface area (Å²) in [5.41, 5.74) is -1.97. The van der Waals surface area contributed by atoms with Gasteiger partial charge in [0, 0.05) is 0 Å². The van der Waals surface area contributed by atoms with Gasteiger partial charge in [-0.3, -0.25) is 0 Å². The van der Waals surface area contributed by atoms with Gasteiger partial charge in [-0.05, 0) is 24.6 Å². The van der Waals surface area contributed by atoms with Crippen molar-refractivity contribution in [3.63, 3.8) is 0 Å². The predicted octanol–water partition coefficient (Wildman–Crippen LogP) is 3.69. The molecule has 0 aliphatic rings. The van der Waals surface area contributed by atoms with Crippen LogP contribution >= 0.6 is 0 Å². The number of hydrogen-bond donors (Lipinski definition) is 0. The third kappa shape index (κ3) is 2.21. The molecule has 1 rings (SSSR count). The molecule has 0 aliphatic carbocycles. The van der Waals surface area contributed by atoms with Crippen molar-refractivity contribution in [3.05, 3.63) is 42.1 Å². The van der Waals surface area contributed by atoms with Crippen LogP contribution in [-0.4, -0.2) is 0 Å². The molecule has 77 valence electrons. The summed E-state index contributed by atoms with van der Waals surface area (Å²) in [6, 6.07) is 1.77. The third-order valence-corrected chi connectivity index (χ3v) is 1.66. The van der Waals surface area contributed by atoms with Gasteiger partial charge in [-0.25, -0.2) is 8.78 Å². The number of hydrogen-bond acceptors (Lipinski definition) is 0. The zero-order valence-corrected chi connectivity index (χ0v) is 6.91. The lowest BCUT2D eigenvalue weighted by atomic mass is 10.0. The maximum Gasteiger partial charge on any atom is 0.416 e. The second kappa shape index (κ2) is 3.55. The van der Waals surface area contributed by atoms with Gasteiger partial charge in [-0.2, -0.15) is 13.2 Å². The molecule has 1 atom stereocenters. The Kier molecular flexibility index (Phi) is 2.78. The van der Waals surface area contributed by atoms with E-state index < -0.39 is 29.3 Å². The van der Waals surface area contributed by atoms with Gasteiger partial charge < -0.3 is 0 Å². The zero-order valence-electron chi connectivity index (χ0n) is 6.91. The monoisotopic (exact) mass is 209 g/mol. The summed E-state index contributed by atoms with van der Waals surface area (Å²) in [6.07, 6.45) is -6.79. The number of rotatable bonds is 1. The molecule has 0 spiro atoms. The fraction of sp³-hybridized carbons (Fsp3) is 0.222. The quantitative estimate of drug-likeness (QED) is 0.619. The first-order valence-electron chi connectivity index (χ1n) is 3.66. The van der Waals surface area contributed by atoms with E-state index in [4.69, 9.17) is 0 Å². The van der Waals surface area contributed by atoms with E-state index in [9.17, 15) is 22.0 Å². The molecule has 0 aliphatic heterocycles. The van der Waals surface area contributed by atoms with Crippen molar-refractivity contribution >= 4 is 0 Å². The topological polar surface area (TPSA) is 0 Å². The summed E-state index contributed by atoms with van der Waals surface area (Å²) in [4.78, 5) is 0. The van der Waals surface area contributed by atoms with Gasteiger partial charge in [0.15, 0.2) is 0 Å². The molecule has 1 aromatic rings. The van der Waals surface area contributed by atoms with Gasteiger partial charge in [-0.15, -0.1) is 0 Å². The van der Waals surface area contributed by atoms with Crippen LogP contribution in [0.4, 0.5) is 22.0 Å². The van der Waals surface area contributed by atoms with Gasteiger partial charge in [-0.1, -0.05) is 6.07 Å². The highest BCUT2D eigenvalue weighted by molar-refractivity contribution is 5.32. The minimum atomic E-state index is -4.76. The summed E-state index contributed by atoms with van der Waals surface area (Å²) >= 11 is 0. The van der Waals surface area contributed by atoms with Gasteiger partial charge in [0.2, 0.25) is 0 Å². The van der Waals surface area contributed by atoms with E-state index in [1.54, 1.807) is 0 Å². The molecule has 1 radical (unpaired) electrons. The van der Waals surface area contributed by atoms with Crippen LogP contribution in [0.15, 0.2) is 18.2 Å². The van der Waals surface area contributed by atoms with E-state index >= 15 is 0 Å². The van der Waals surface area contributed by atoms with Crippen LogP contribution in [0.2, 0.25) is 0 Å². The molecule has 0 fully saturated rings. The van der Waals surface area contributed by atoms with Crippen LogP contribution in [0.25, 0.3) is 0 Å². The van der Waals surface area contributed by atoms with E-state index in [0.29, 0.717) is 0 Å². The van der Waals surface area contributed by atoms with Crippen LogP contribution in [0.1, 0.15) is 17.3 Å². The Morgan fingerprint density at radius 2 is 1.79 bits per heavy atom. The summed E-state index contributed by atoms with van der Waals surface area (Å²) in [5.74, 6) is -1.05. The molecule has 0 aromatic heterocycles. The smallest absolute Gasteiger partial charge is 0.242 e. The van der Waals surface area contributed by atoms with E-state index in [1.165, 1.54) is 0 Å². The largest absolute Gasteiger partial charge is 0.416 e. The van der Waals surface area contributed by atoms with Crippen LogP contribution in [0.5, 0.6) is 0 Å². The summed E-state index contributed by atoms with van der Waals surface area (Å²) in [5, 5.41) is 0. The number of benzene rings is 1. The third-order valence-electron chi connectivity index (χ3n) is 1.66. The lowest BCUT2D eigenvalue weighted by Crippen LogP contribution is -2.10.